The summed E-state index contributed by atoms with van der Waals surface area (Å²) in [5, 5.41) is 0.258. The molecule has 0 spiro atoms. The van der Waals surface area contributed by atoms with E-state index in [0.29, 0.717) is 13.1 Å². The third-order valence-electron chi connectivity index (χ3n) is 3.82. The van der Waals surface area contributed by atoms with Crippen molar-refractivity contribution < 1.29 is 14.3 Å². The molecule has 0 unspecified atom stereocenters. The molecule has 0 atom stereocenters. The minimum Gasteiger partial charge on any atom is -0.451 e. The van der Waals surface area contributed by atoms with Crippen LogP contribution in [0.5, 0.6) is 0 Å². The summed E-state index contributed by atoms with van der Waals surface area (Å²) < 4.78 is 5.03. The Balaban J connectivity index is 1.60. The second kappa shape index (κ2) is 7.20. The number of pyridine rings is 1. The summed E-state index contributed by atoms with van der Waals surface area (Å²) in [5.74, 6) is -1.02. The van der Waals surface area contributed by atoms with Crippen molar-refractivity contribution in [2.75, 3.05) is 13.2 Å². The molecule has 0 bridgehead atoms. The zero-order valence-corrected chi connectivity index (χ0v) is 14.2. The quantitative estimate of drug-likeness (QED) is 0.620. The molecule has 0 radical (unpaired) electrons. The average molecular weight is 365 g/mol. The molecule has 5 nitrogen and oxygen atoms in total. The highest BCUT2D eigenvalue weighted by atomic mass is 35.5. The molecule has 7 heteroatoms. The fourth-order valence-corrected chi connectivity index (χ4v) is 2.89. The van der Waals surface area contributed by atoms with Gasteiger partial charge < -0.3 is 9.64 Å². The lowest BCUT2D eigenvalue weighted by atomic mass is 10.00. The van der Waals surface area contributed by atoms with Crippen molar-refractivity contribution in [2.24, 2.45) is 0 Å². The van der Waals surface area contributed by atoms with Crippen LogP contribution in [0, 0.1) is 0 Å². The Kier molecular flexibility index (Phi) is 5.02. The van der Waals surface area contributed by atoms with E-state index >= 15 is 0 Å². The molecule has 1 aliphatic rings. The maximum Gasteiger partial charge on any atom is 0.359 e. The van der Waals surface area contributed by atoms with Crippen LogP contribution in [0.3, 0.4) is 0 Å². The lowest BCUT2D eigenvalue weighted by Crippen LogP contribution is -2.38. The maximum absolute atomic E-state index is 12.3. The third-order valence-corrected chi connectivity index (χ3v) is 4.33. The van der Waals surface area contributed by atoms with Crippen LogP contribution in [0.2, 0.25) is 10.2 Å². The first-order valence-electron chi connectivity index (χ1n) is 7.38. The molecule has 1 aromatic carbocycles. The van der Waals surface area contributed by atoms with Gasteiger partial charge in [-0.2, -0.15) is 0 Å². The summed E-state index contributed by atoms with van der Waals surface area (Å²) >= 11 is 11.6. The maximum atomic E-state index is 12.3. The highest BCUT2D eigenvalue weighted by molar-refractivity contribution is 6.34. The number of benzene rings is 1. The lowest BCUT2D eigenvalue weighted by Gasteiger charge is -2.28. The number of carbonyl (C=O) groups excluding carboxylic acids is 2. The molecule has 1 aliphatic heterocycles. The largest absolute Gasteiger partial charge is 0.451 e. The normalized spacial score (nSPS) is 13.3. The molecule has 1 amide bonds. The number of fused-ring (bicyclic) bond motifs is 1. The monoisotopic (exact) mass is 364 g/mol. The summed E-state index contributed by atoms with van der Waals surface area (Å²) in [6.07, 6.45) is 0.789. The van der Waals surface area contributed by atoms with Gasteiger partial charge in [-0.25, -0.2) is 9.78 Å². The summed E-state index contributed by atoms with van der Waals surface area (Å²) in [5.41, 5.74) is 2.26. The van der Waals surface area contributed by atoms with Gasteiger partial charge in [0.1, 0.15) is 5.15 Å². The zero-order valence-electron chi connectivity index (χ0n) is 12.7. The van der Waals surface area contributed by atoms with Gasteiger partial charge in [0.2, 0.25) is 0 Å². The van der Waals surface area contributed by atoms with Crippen LogP contribution in [0.25, 0.3) is 0 Å². The molecule has 0 fully saturated rings. The fourth-order valence-electron chi connectivity index (χ4n) is 2.56. The van der Waals surface area contributed by atoms with Crippen LogP contribution < -0.4 is 0 Å². The highest BCUT2D eigenvalue weighted by Gasteiger charge is 2.22. The average Bonchev–Trinajstić information content (AvgIpc) is 2.61. The zero-order chi connectivity index (χ0) is 17.1. The smallest absolute Gasteiger partial charge is 0.359 e. The van der Waals surface area contributed by atoms with E-state index < -0.39 is 5.97 Å². The highest BCUT2D eigenvalue weighted by Crippen LogP contribution is 2.20. The molecule has 0 saturated carbocycles. The molecule has 2 aromatic rings. The van der Waals surface area contributed by atoms with Crippen LogP contribution in [0.15, 0.2) is 36.4 Å². The Morgan fingerprint density at radius 3 is 2.67 bits per heavy atom. The Labute approximate surface area is 149 Å². The third kappa shape index (κ3) is 3.68. The van der Waals surface area contributed by atoms with E-state index in [0.717, 1.165) is 12.0 Å². The number of hydrogen-bond acceptors (Lipinski definition) is 4. The van der Waals surface area contributed by atoms with E-state index in [9.17, 15) is 9.59 Å². The first-order valence-corrected chi connectivity index (χ1v) is 8.14. The van der Waals surface area contributed by atoms with Gasteiger partial charge in [0.25, 0.3) is 5.91 Å². The molecular formula is C17H14Cl2N2O3. The van der Waals surface area contributed by atoms with Crippen molar-refractivity contribution in [3.63, 3.8) is 0 Å². The fraction of sp³-hybridized carbons (Fsp3) is 0.235. The number of nitrogens with zero attached hydrogens (tertiary/aromatic N) is 2. The first kappa shape index (κ1) is 16.7. The minimum absolute atomic E-state index is 0.0963. The van der Waals surface area contributed by atoms with Gasteiger partial charge in [-0.15, -0.1) is 0 Å². The number of rotatable bonds is 3. The number of amides is 1. The van der Waals surface area contributed by atoms with E-state index in [1.807, 2.05) is 18.2 Å². The topological polar surface area (TPSA) is 59.5 Å². The Morgan fingerprint density at radius 2 is 1.88 bits per heavy atom. The van der Waals surface area contributed by atoms with Crippen molar-refractivity contribution in [3.05, 3.63) is 63.4 Å². The van der Waals surface area contributed by atoms with E-state index in [2.05, 4.69) is 11.1 Å². The van der Waals surface area contributed by atoms with E-state index in [-0.39, 0.29) is 28.4 Å². The molecule has 124 valence electrons. The molecule has 1 aromatic heterocycles. The molecule has 0 N–H and O–H groups in total. The van der Waals surface area contributed by atoms with Gasteiger partial charge >= 0.3 is 5.97 Å². The van der Waals surface area contributed by atoms with Gasteiger partial charge in [-0.1, -0.05) is 47.5 Å². The van der Waals surface area contributed by atoms with Crippen molar-refractivity contribution in [1.82, 2.24) is 9.88 Å². The molecular weight excluding hydrogens is 351 g/mol. The minimum atomic E-state index is -0.770. The molecule has 3 rings (SSSR count). The molecule has 0 saturated heterocycles. The molecule has 0 aliphatic carbocycles. The van der Waals surface area contributed by atoms with Crippen molar-refractivity contribution >= 4 is 35.1 Å². The van der Waals surface area contributed by atoms with E-state index in [1.165, 1.54) is 17.7 Å². The van der Waals surface area contributed by atoms with E-state index in [4.69, 9.17) is 27.9 Å². The predicted molar refractivity (Wildman–Crippen MR) is 90.1 cm³/mol. The van der Waals surface area contributed by atoms with E-state index in [1.54, 1.807) is 4.90 Å². The van der Waals surface area contributed by atoms with Crippen LogP contribution in [-0.2, 0) is 22.5 Å². The van der Waals surface area contributed by atoms with Gasteiger partial charge in [0.05, 0.1) is 5.02 Å². The number of ether oxygens (including phenoxy) is 1. The summed E-state index contributed by atoms with van der Waals surface area (Å²) in [7, 11) is 0. The van der Waals surface area contributed by atoms with Crippen molar-refractivity contribution in [1.29, 1.82) is 0 Å². The van der Waals surface area contributed by atoms with Crippen molar-refractivity contribution in [3.8, 4) is 0 Å². The van der Waals surface area contributed by atoms with Crippen LogP contribution in [-0.4, -0.2) is 34.9 Å². The number of esters is 1. The second-order valence-electron chi connectivity index (χ2n) is 5.37. The van der Waals surface area contributed by atoms with Crippen molar-refractivity contribution in [2.45, 2.75) is 13.0 Å². The molecule has 24 heavy (non-hydrogen) atoms. The number of hydrogen-bond donors (Lipinski definition) is 0. The lowest BCUT2D eigenvalue weighted by molar-refractivity contribution is -0.135. The standard InChI is InChI=1S/C17H14Cl2N2O3/c18-13-5-6-14(19)20-16(13)17(23)24-10-15(22)21-8-7-11-3-1-2-4-12(11)9-21/h1-6H,7-10H2. The number of aromatic nitrogens is 1. The summed E-state index contributed by atoms with van der Waals surface area (Å²) in [6, 6.07) is 10.9. The second-order valence-corrected chi connectivity index (χ2v) is 6.17. The number of halogens is 2. The number of carbonyl (C=O) groups is 2. The van der Waals surface area contributed by atoms with Gasteiger partial charge in [-0.05, 0) is 29.7 Å². The first-order chi connectivity index (χ1) is 11.5. The summed E-state index contributed by atoms with van der Waals surface area (Å²) in [4.78, 5) is 29.8. The van der Waals surface area contributed by atoms with Gasteiger partial charge in [-0.3, -0.25) is 4.79 Å². The van der Waals surface area contributed by atoms with Crippen LogP contribution in [0.1, 0.15) is 21.6 Å². The summed E-state index contributed by atoms with van der Waals surface area (Å²) in [6.45, 7) is 0.762. The predicted octanol–water partition coefficient (Wildman–Crippen LogP) is 3.13. The van der Waals surface area contributed by atoms with Gasteiger partial charge in [0, 0.05) is 13.1 Å². The Hall–Kier alpha value is -2.11. The Morgan fingerprint density at radius 1 is 1.12 bits per heavy atom. The Bertz CT molecular complexity index is 795. The SMILES string of the molecule is O=C(OCC(=O)N1CCc2ccccc2C1)c1nc(Cl)ccc1Cl. The van der Waals surface area contributed by atoms with Gasteiger partial charge in [0.15, 0.2) is 12.3 Å². The van der Waals surface area contributed by atoms with Crippen LogP contribution in [0.4, 0.5) is 0 Å². The van der Waals surface area contributed by atoms with Crippen LogP contribution >= 0.6 is 23.2 Å². The molecule has 2 heterocycles.